The van der Waals surface area contributed by atoms with Gasteiger partial charge in [-0.25, -0.2) is 0 Å². The fourth-order valence-electron chi connectivity index (χ4n) is 4.37. The Balaban J connectivity index is 1.88. The van der Waals surface area contributed by atoms with Crippen molar-refractivity contribution in [1.29, 1.82) is 0 Å². The van der Waals surface area contributed by atoms with E-state index in [0.29, 0.717) is 11.5 Å². The van der Waals surface area contributed by atoms with Crippen molar-refractivity contribution in [3.8, 4) is 11.5 Å². The maximum absolute atomic E-state index is 10.5. The first-order valence-corrected chi connectivity index (χ1v) is 15.8. The van der Waals surface area contributed by atoms with Gasteiger partial charge >= 0.3 is 0 Å². The van der Waals surface area contributed by atoms with Crippen LogP contribution < -0.4 is 0 Å². The van der Waals surface area contributed by atoms with Crippen LogP contribution in [0.25, 0.3) is 0 Å². The van der Waals surface area contributed by atoms with Crippen LogP contribution in [0.2, 0.25) is 0 Å². The maximum Gasteiger partial charge on any atom is 0.119 e. The van der Waals surface area contributed by atoms with Crippen LogP contribution in [-0.2, 0) is 12.8 Å². The number of phenols is 2. The molecule has 2 aromatic rings. The normalized spacial score (nSPS) is 11.2. The Hall–Kier alpha value is -1.26. The van der Waals surface area contributed by atoms with E-state index in [1.54, 1.807) is 21.6 Å². The Kier molecular flexibility index (Phi) is 15.4. The third-order valence-electron chi connectivity index (χ3n) is 6.50. The van der Waals surface area contributed by atoms with E-state index in [1.165, 1.54) is 77.0 Å². The van der Waals surface area contributed by atoms with E-state index < -0.39 is 0 Å². The highest BCUT2D eigenvalue weighted by Crippen LogP contribution is 2.44. The molecule has 0 heterocycles. The van der Waals surface area contributed by atoms with Crippen LogP contribution in [0, 0.1) is 0 Å². The topological polar surface area (TPSA) is 40.5 Å². The number of benzene rings is 2. The second-order valence-corrected chi connectivity index (χ2v) is 11.6. The Morgan fingerprint density at radius 3 is 1.24 bits per heavy atom. The second-order valence-electron chi connectivity index (χ2n) is 9.42. The molecule has 0 fully saturated rings. The molecular formula is C30H46O2S2. The summed E-state index contributed by atoms with van der Waals surface area (Å²) in [7, 11) is 3.42. The molecule has 0 bridgehead atoms. The van der Waals surface area contributed by atoms with Crippen molar-refractivity contribution < 1.29 is 10.2 Å². The monoisotopic (exact) mass is 502 g/mol. The van der Waals surface area contributed by atoms with Gasteiger partial charge in [0.05, 0.1) is 0 Å². The minimum absolute atomic E-state index is 0.413. The van der Waals surface area contributed by atoms with E-state index in [9.17, 15) is 10.2 Å². The summed E-state index contributed by atoms with van der Waals surface area (Å²) in [6, 6.07) is 11.7. The lowest BCUT2D eigenvalue weighted by atomic mass is 10.0. The molecule has 0 saturated carbocycles. The standard InChI is InChI=1S/C30H46O2S2/c1-3-5-7-9-11-13-15-19-25-27(31)21-17-23-29(25)33-34-30-24-18-22-28(32)26(30)20-16-14-12-10-8-6-4-2/h17-18,21-24,31-32H,3-16,19-20H2,1-2H3. The number of aromatic hydroxyl groups is 2. The minimum Gasteiger partial charge on any atom is -0.508 e. The number of unbranched alkanes of at least 4 members (excludes halogenated alkanes) is 12. The lowest BCUT2D eigenvalue weighted by molar-refractivity contribution is 0.463. The summed E-state index contributed by atoms with van der Waals surface area (Å²) in [6.45, 7) is 4.51. The molecule has 190 valence electrons. The fraction of sp³-hybridized carbons (Fsp3) is 0.600. The van der Waals surface area contributed by atoms with Gasteiger partial charge in [-0.05, 0) is 49.9 Å². The summed E-state index contributed by atoms with van der Waals surface area (Å²) in [5.74, 6) is 0.826. The molecule has 0 saturated heterocycles. The molecule has 2 nitrogen and oxygen atoms in total. The molecule has 0 amide bonds. The van der Waals surface area contributed by atoms with Crippen LogP contribution in [0.15, 0.2) is 46.2 Å². The van der Waals surface area contributed by atoms with Crippen molar-refractivity contribution in [2.75, 3.05) is 0 Å². The highest BCUT2D eigenvalue weighted by Gasteiger charge is 2.13. The summed E-state index contributed by atoms with van der Waals surface area (Å²) in [6.07, 6.45) is 19.7. The van der Waals surface area contributed by atoms with E-state index in [4.69, 9.17) is 0 Å². The molecular weight excluding hydrogens is 456 g/mol. The van der Waals surface area contributed by atoms with Crippen molar-refractivity contribution in [3.63, 3.8) is 0 Å². The molecule has 0 radical (unpaired) electrons. The lowest BCUT2D eigenvalue weighted by Crippen LogP contribution is -1.92. The highest BCUT2D eigenvalue weighted by atomic mass is 33.1. The molecule has 4 heteroatoms. The average Bonchev–Trinajstić information content (AvgIpc) is 2.83. The molecule has 0 atom stereocenters. The third-order valence-corrected chi connectivity index (χ3v) is 9.03. The molecule has 0 aliphatic carbocycles. The zero-order valence-electron chi connectivity index (χ0n) is 21.5. The number of hydrogen-bond donors (Lipinski definition) is 2. The van der Waals surface area contributed by atoms with Crippen LogP contribution >= 0.6 is 21.6 Å². The van der Waals surface area contributed by atoms with Crippen LogP contribution in [0.1, 0.15) is 115 Å². The van der Waals surface area contributed by atoms with E-state index in [-0.39, 0.29) is 0 Å². The number of phenolic OH excluding ortho intramolecular Hbond substituents is 2. The molecule has 0 spiro atoms. The average molecular weight is 503 g/mol. The molecule has 0 aromatic heterocycles. The third kappa shape index (κ3) is 11.0. The van der Waals surface area contributed by atoms with E-state index in [0.717, 1.165) is 46.6 Å². The van der Waals surface area contributed by atoms with Gasteiger partial charge in [-0.2, -0.15) is 0 Å². The molecule has 2 aromatic carbocycles. The van der Waals surface area contributed by atoms with Crippen LogP contribution in [0.4, 0.5) is 0 Å². The van der Waals surface area contributed by atoms with Crippen molar-refractivity contribution in [2.45, 2.75) is 126 Å². The molecule has 0 aliphatic heterocycles. The fourth-order valence-corrected chi connectivity index (χ4v) is 6.91. The molecule has 2 N–H and O–H groups in total. The molecule has 0 unspecified atom stereocenters. The van der Waals surface area contributed by atoms with Crippen molar-refractivity contribution in [1.82, 2.24) is 0 Å². The van der Waals surface area contributed by atoms with Crippen molar-refractivity contribution >= 4 is 21.6 Å². The minimum atomic E-state index is 0.413. The summed E-state index contributed by atoms with van der Waals surface area (Å²) >= 11 is 0. The summed E-state index contributed by atoms with van der Waals surface area (Å²) in [4.78, 5) is 2.28. The second kappa shape index (κ2) is 18.1. The Bertz CT molecular complexity index is 739. The van der Waals surface area contributed by atoms with E-state index in [1.807, 2.05) is 24.3 Å². The predicted octanol–water partition coefficient (Wildman–Crippen LogP) is 10.5. The van der Waals surface area contributed by atoms with Gasteiger partial charge in [0.15, 0.2) is 0 Å². The van der Waals surface area contributed by atoms with Crippen LogP contribution in [-0.4, -0.2) is 10.2 Å². The smallest absolute Gasteiger partial charge is 0.119 e. The molecule has 2 rings (SSSR count). The predicted molar refractivity (Wildman–Crippen MR) is 151 cm³/mol. The van der Waals surface area contributed by atoms with Gasteiger partial charge in [-0.1, -0.05) is 125 Å². The summed E-state index contributed by atoms with van der Waals surface area (Å²) in [5, 5.41) is 21.0. The largest absolute Gasteiger partial charge is 0.508 e. The highest BCUT2D eigenvalue weighted by molar-refractivity contribution is 8.76. The van der Waals surface area contributed by atoms with Gasteiger partial charge in [-0.15, -0.1) is 0 Å². The van der Waals surface area contributed by atoms with Crippen molar-refractivity contribution in [3.05, 3.63) is 47.5 Å². The zero-order valence-corrected chi connectivity index (χ0v) is 23.1. The quantitative estimate of drug-likeness (QED) is 0.148. The first-order chi connectivity index (χ1) is 16.7. The van der Waals surface area contributed by atoms with Gasteiger partial charge in [0.2, 0.25) is 0 Å². The first kappa shape index (κ1) is 29.0. The lowest BCUT2D eigenvalue weighted by Gasteiger charge is -2.13. The maximum atomic E-state index is 10.5. The molecule has 34 heavy (non-hydrogen) atoms. The molecule has 0 aliphatic rings. The van der Waals surface area contributed by atoms with Gasteiger partial charge in [0.1, 0.15) is 11.5 Å². The van der Waals surface area contributed by atoms with Gasteiger partial charge in [0, 0.05) is 20.9 Å². The first-order valence-electron chi connectivity index (χ1n) is 13.6. The van der Waals surface area contributed by atoms with Crippen molar-refractivity contribution in [2.24, 2.45) is 0 Å². The van der Waals surface area contributed by atoms with Gasteiger partial charge in [0.25, 0.3) is 0 Å². The SMILES string of the molecule is CCCCCCCCCc1c(O)cccc1SSc1cccc(O)c1CCCCCCCCC. The Morgan fingerprint density at radius 2 is 0.853 bits per heavy atom. The summed E-state index contributed by atoms with van der Waals surface area (Å²) in [5.41, 5.74) is 2.14. The van der Waals surface area contributed by atoms with E-state index >= 15 is 0 Å². The Morgan fingerprint density at radius 1 is 0.500 bits per heavy atom. The van der Waals surface area contributed by atoms with Crippen LogP contribution in [0.5, 0.6) is 11.5 Å². The Labute approximate surface area is 216 Å². The number of rotatable bonds is 19. The van der Waals surface area contributed by atoms with Gasteiger partial charge in [-0.3, -0.25) is 0 Å². The van der Waals surface area contributed by atoms with Gasteiger partial charge < -0.3 is 10.2 Å². The zero-order chi connectivity index (χ0) is 24.4. The van der Waals surface area contributed by atoms with E-state index in [2.05, 4.69) is 26.0 Å². The summed E-state index contributed by atoms with van der Waals surface area (Å²) < 4.78 is 0. The number of hydrogen-bond acceptors (Lipinski definition) is 4. The van der Waals surface area contributed by atoms with Crippen LogP contribution in [0.3, 0.4) is 0 Å².